The Labute approximate surface area is 264 Å². The van der Waals surface area contributed by atoms with Gasteiger partial charge in [0.1, 0.15) is 11.6 Å². The van der Waals surface area contributed by atoms with Crippen LogP contribution >= 0.6 is 11.6 Å². The molecule has 0 unspecified atom stereocenters. The third-order valence-electron chi connectivity index (χ3n) is 9.63. The number of Topliss-reactive ketones (excluding diaryl/α,β-unsaturated/α-hetero) is 1. The molecule has 10 nitrogen and oxygen atoms in total. The van der Waals surface area contributed by atoms with Gasteiger partial charge in [0.05, 0.1) is 11.7 Å². The maximum Gasteiger partial charge on any atom is 0.293 e. The Kier molecular flexibility index (Phi) is 9.12. The molecule has 0 bridgehead atoms. The first kappa shape index (κ1) is 30.8. The number of aromatic nitrogens is 3. The first-order valence-electron chi connectivity index (χ1n) is 16.0. The fraction of sp³-hybridized carbons (Fsp3) is 0.576. The van der Waals surface area contributed by atoms with Crippen LogP contribution in [0.25, 0.3) is 10.9 Å². The number of halogens is 1. The summed E-state index contributed by atoms with van der Waals surface area (Å²) >= 11 is 6.55. The summed E-state index contributed by atoms with van der Waals surface area (Å²) in [4.78, 5) is 39.2. The molecule has 1 aliphatic carbocycles. The van der Waals surface area contributed by atoms with Gasteiger partial charge in [-0.2, -0.15) is 4.98 Å². The minimum absolute atomic E-state index is 0.0597. The van der Waals surface area contributed by atoms with E-state index in [4.69, 9.17) is 21.3 Å². The number of nitrogens with one attached hydrogen (secondary N) is 2. The van der Waals surface area contributed by atoms with Crippen LogP contribution < -0.4 is 25.8 Å². The van der Waals surface area contributed by atoms with Gasteiger partial charge in [0.25, 0.3) is 5.56 Å². The number of piperazine rings is 1. The van der Waals surface area contributed by atoms with Gasteiger partial charge in [-0.1, -0.05) is 18.5 Å². The Morgan fingerprint density at radius 1 is 1.16 bits per heavy atom. The van der Waals surface area contributed by atoms with Gasteiger partial charge >= 0.3 is 0 Å². The quantitative estimate of drug-likeness (QED) is 0.323. The first-order valence-corrected chi connectivity index (χ1v) is 16.4. The second kappa shape index (κ2) is 13.0. The molecule has 3 aromatic rings. The standard InChI is InChI=1S/C33H44ClN7O3/c1-4-26(42)19-44-29-16-24-15-25(5-6-28(24)41(22(2)3)31(29)43)37-30-27(34)17-36-32(38-30)40-13-11-39(12-14-40)18-23-7-9-33(10-8-23)20-35-21-33/h5-6,15-17,22-23,35H,4,7-14,18-21H2,1-3H3,(H,36,37,38). The number of hydrogen-bond donors (Lipinski definition) is 2. The zero-order valence-corrected chi connectivity index (χ0v) is 26.8. The van der Waals surface area contributed by atoms with Crippen LogP contribution in [0.4, 0.5) is 17.5 Å². The van der Waals surface area contributed by atoms with E-state index < -0.39 is 0 Å². The Balaban J connectivity index is 1.13. The fourth-order valence-corrected chi connectivity index (χ4v) is 6.95. The van der Waals surface area contributed by atoms with E-state index in [0.717, 1.165) is 48.7 Å². The summed E-state index contributed by atoms with van der Waals surface area (Å²) in [6.45, 7) is 13.0. The van der Waals surface area contributed by atoms with Crippen LogP contribution in [0, 0.1) is 11.3 Å². The van der Waals surface area contributed by atoms with Crippen LogP contribution in [0.5, 0.6) is 5.75 Å². The maximum absolute atomic E-state index is 13.2. The number of carbonyl (C=O) groups is 1. The number of carbonyl (C=O) groups excluding carboxylic acids is 1. The summed E-state index contributed by atoms with van der Waals surface area (Å²) in [5, 5.41) is 8.06. The van der Waals surface area contributed by atoms with Gasteiger partial charge in [-0.15, -0.1) is 0 Å². The monoisotopic (exact) mass is 621 g/mol. The average Bonchev–Trinajstić information content (AvgIpc) is 3.01. The molecule has 1 aromatic carbocycles. The van der Waals surface area contributed by atoms with Crippen LogP contribution in [0.2, 0.25) is 5.02 Å². The van der Waals surface area contributed by atoms with Crippen molar-refractivity contribution in [2.45, 2.75) is 58.9 Å². The lowest BCUT2D eigenvalue weighted by Gasteiger charge is -2.48. The SMILES string of the molecule is CCC(=O)COc1cc2cc(Nc3nc(N4CCN(CC5CCC6(CC5)CNC6)CC4)ncc3Cl)ccc2n(C(C)C)c1=O. The number of ether oxygens (including phenoxy) is 1. The molecule has 0 radical (unpaired) electrons. The van der Waals surface area contributed by atoms with Crippen molar-refractivity contribution < 1.29 is 9.53 Å². The van der Waals surface area contributed by atoms with E-state index in [1.165, 1.54) is 45.3 Å². The lowest BCUT2D eigenvalue weighted by Crippen LogP contribution is -2.55. The van der Waals surface area contributed by atoms with Gasteiger partial charge in [-0.25, -0.2) is 4.98 Å². The van der Waals surface area contributed by atoms with E-state index in [9.17, 15) is 9.59 Å². The van der Waals surface area contributed by atoms with Gasteiger partial charge in [0.15, 0.2) is 17.4 Å². The topological polar surface area (TPSA) is 105 Å². The minimum Gasteiger partial charge on any atom is -0.480 e. The van der Waals surface area contributed by atoms with Crippen LogP contribution in [-0.4, -0.2) is 77.6 Å². The van der Waals surface area contributed by atoms with Gasteiger partial charge < -0.3 is 24.8 Å². The van der Waals surface area contributed by atoms with Gasteiger partial charge in [-0.05, 0) is 75.1 Å². The van der Waals surface area contributed by atoms with E-state index in [1.54, 1.807) is 23.8 Å². The van der Waals surface area contributed by atoms with Crippen molar-refractivity contribution in [3.05, 3.63) is 45.8 Å². The van der Waals surface area contributed by atoms with Crippen molar-refractivity contribution in [3.8, 4) is 5.75 Å². The highest BCUT2D eigenvalue weighted by Gasteiger charge is 2.40. The second-order valence-corrected chi connectivity index (χ2v) is 13.5. The van der Waals surface area contributed by atoms with Crippen molar-refractivity contribution >= 4 is 45.7 Å². The van der Waals surface area contributed by atoms with Crippen LogP contribution in [0.3, 0.4) is 0 Å². The molecule has 2 aromatic heterocycles. The molecular weight excluding hydrogens is 578 g/mol. The lowest BCUT2D eigenvalue weighted by molar-refractivity contribution is -0.120. The highest BCUT2D eigenvalue weighted by atomic mass is 35.5. The Bertz CT molecular complexity index is 1550. The van der Waals surface area contributed by atoms with Crippen molar-refractivity contribution in [3.63, 3.8) is 0 Å². The summed E-state index contributed by atoms with van der Waals surface area (Å²) in [5.41, 5.74) is 1.91. The van der Waals surface area contributed by atoms with Crippen LogP contribution in [0.15, 0.2) is 35.3 Å². The molecule has 236 valence electrons. The molecule has 44 heavy (non-hydrogen) atoms. The Morgan fingerprint density at radius 2 is 1.91 bits per heavy atom. The normalized spacial score (nSPS) is 19.0. The average molecular weight is 622 g/mol. The molecular formula is C33H44ClN7O3. The lowest BCUT2D eigenvalue weighted by atomic mass is 9.67. The predicted molar refractivity (Wildman–Crippen MR) is 176 cm³/mol. The van der Waals surface area contributed by atoms with Crippen LogP contribution in [0.1, 0.15) is 58.9 Å². The highest BCUT2D eigenvalue weighted by Crippen LogP contribution is 2.42. The number of rotatable bonds is 10. The summed E-state index contributed by atoms with van der Waals surface area (Å²) in [6, 6.07) is 7.37. The molecule has 1 spiro atoms. The van der Waals surface area contributed by atoms with Crippen molar-refractivity contribution in [1.82, 2.24) is 24.8 Å². The number of anilines is 3. The smallest absolute Gasteiger partial charge is 0.293 e. The summed E-state index contributed by atoms with van der Waals surface area (Å²) in [6.07, 6.45) is 7.48. The number of pyridine rings is 1. The molecule has 2 aliphatic heterocycles. The Morgan fingerprint density at radius 3 is 2.57 bits per heavy atom. The van der Waals surface area contributed by atoms with E-state index in [1.807, 2.05) is 32.0 Å². The number of ketones is 1. The molecule has 2 N–H and O–H groups in total. The number of benzene rings is 1. The molecule has 11 heteroatoms. The first-order chi connectivity index (χ1) is 21.2. The van der Waals surface area contributed by atoms with E-state index in [2.05, 4.69) is 25.4 Å². The molecule has 6 rings (SSSR count). The minimum atomic E-state index is -0.251. The van der Waals surface area contributed by atoms with E-state index in [-0.39, 0.29) is 29.7 Å². The van der Waals surface area contributed by atoms with Crippen molar-refractivity contribution in [1.29, 1.82) is 0 Å². The van der Waals surface area contributed by atoms with E-state index >= 15 is 0 Å². The molecule has 0 amide bonds. The molecule has 1 saturated carbocycles. The number of nitrogens with zero attached hydrogens (tertiary/aromatic N) is 5. The van der Waals surface area contributed by atoms with Gasteiger partial charge in [0.2, 0.25) is 5.95 Å². The number of fused-ring (bicyclic) bond motifs is 1. The fourth-order valence-electron chi connectivity index (χ4n) is 6.81. The highest BCUT2D eigenvalue weighted by molar-refractivity contribution is 6.32. The molecule has 2 saturated heterocycles. The predicted octanol–water partition coefficient (Wildman–Crippen LogP) is 5.03. The molecule has 3 aliphatic rings. The zero-order valence-electron chi connectivity index (χ0n) is 26.1. The summed E-state index contributed by atoms with van der Waals surface area (Å²) in [7, 11) is 0. The summed E-state index contributed by atoms with van der Waals surface area (Å²) in [5.74, 6) is 2.11. The van der Waals surface area contributed by atoms with Gasteiger partial charge in [0, 0.05) is 69.3 Å². The molecule has 0 atom stereocenters. The maximum atomic E-state index is 13.2. The largest absolute Gasteiger partial charge is 0.480 e. The molecule has 3 fully saturated rings. The molecule has 4 heterocycles. The van der Waals surface area contributed by atoms with Crippen LogP contribution in [-0.2, 0) is 4.79 Å². The third-order valence-corrected chi connectivity index (χ3v) is 9.91. The van der Waals surface area contributed by atoms with Crippen molar-refractivity contribution in [2.24, 2.45) is 11.3 Å². The number of hydrogen-bond acceptors (Lipinski definition) is 9. The van der Waals surface area contributed by atoms with Gasteiger partial charge in [-0.3, -0.25) is 14.5 Å². The zero-order chi connectivity index (χ0) is 30.8. The summed E-state index contributed by atoms with van der Waals surface area (Å²) < 4.78 is 7.35. The second-order valence-electron chi connectivity index (χ2n) is 13.1. The van der Waals surface area contributed by atoms with Crippen molar-refractivity contribution in [2.75, 3.05) is 62.6 Å². The third kappa shape index (κ3) is 6.57. The van der Waals surface area contributed by atoms with E-state index in [0.29, 0.717) is 28.6 Å². The Hall–Kier alpha value is -3.21.